The van der Waals surface area contributed by atoms with Crippen LogP contribution in [0, 0.1) is 10.8 Å². The molecule has 1 saturated carbocycles. The van der Waals surface area contributed by atoms with Gasteiger partial charge in [0.25, 0.3) is 0 Å². The third kappa shape index (κ3) is 1.90. The smallest absolute Gasteiger partial charge is 0.171 e. The van der Waals surface area contributed by atoms with E-state index in [-0.39, 0.29) is 17.2 Å². The summed E-state index contributed by atoms with van der Waals surface area (Å²) in [5.41, 5.74) is 0.751. The van der Waals surface area contributed by atoms with E-state index < -0.39 is 6.10 Å². The molecule has 1 heterocycles. The van der Waals surface area contributed by atoms with Gasteiger partial charge in [0.1, 0.15) is 0 Å². The van der Waals surface area contributed by atoms with Gasteiger partial charge < -0.3 is 20.4 Å². The lowest BCUT2D eigenvalue weighted by Gasteiger charge is -2.22. The maximum Gasteiger partial charge on any atom is 0.171 e. The minimum atomic E-state index is -1.17. The number of hydrogen-bond donors (Lipinski definition) is 3. The molecule has 16 heavy (non-hydrogen) atoms. The highest BCUT2D eigenvalue weighted by molar-refractivity contribution is 6.40. The summed E-state index contributed by atoms with van der Waals surface area (Å²) in [7, 11) is 0. The van der Waals surface area contributed by atoms with E-state index in [1.165, 1.54) is 13.3 Å². The molecule has 0 saturated heterocycles. The fourth-order valence-corrected chi connectivity index (χ4v) is 1.68. The molecule has 1 aliphatic rings. The van der Waals surface area contributed by atoms with E-state index in [9.17, 15) is 5.11 Å². The molecule has 1 unspecified atom stereocenters. The van der Waals surface area contributed by atoms with Gasteiger partial charge in [-0.15, -0.1) is 0 Å². The van der Waals surface area contributed by atoms with Crippen LogP contribution in [0.3, 0.4) is 0 Å². The highest BCUT2D eigenvalue weighted by Gasteiger charge is 2.26. The van der Waals surface area contributed by atoms with Crippen LogP contribution in [0.4, 0.5) is 0 Å². The van der Waals surface area contributed by atoms with Crippen LogP contribution in [-0.2, 0) is 0 Å². The third-order valence-corrected chi connectivity index (χ3v) is 3.02. The van der Waals surface area contributed by atoms with E-state index in [2.05, 4.69) is 5.16 Å². The van der Waals surface area contributed by atoms with Crippen LogP contribution in [0.1, 0.15) is 49.7 Å². The Morgan fingerprint density at radius 2 is 2.25 bits per heavy atom. The molecule has 0 aliphatic heterocycles. The molecule has 0 aromatic carbocycles. The summed E-state index contributed by atoms with van der Waals surface area (Å²) >= 11 is 0. The molecule has 2 rings (SSSR count). The van der Waals surface area contributed by atoms with Crippen molar-refractivity contribution in [2.75, 3.05) is 0 Å². The molecule has 1 aromatic rings. The molecule has 0 amide bonds. The van der Waals surface area contributed by atoms with Crippen molar-refractivity contribution in [3.8, 4) is 0 Å². The molecule has 0 radical (unpaired) electrons. The van der Waals surface area contributed by atoms with Crippen LogP contribution in [0.15, 0.2) is 10.6 Å². The number of nitrogens with zero attached hydrogens (tertiary/aromatic N) is 1. The molecule has 3 N–H and O–H groups in total. The van der Waals surface area contributed by atoms with Gasteiger partial charge in [-0.1, -0.05) is 11.6 Å². The summed E-state index contributed by atoms with van der Waals surface area (Å²) in [6, 6.07) is 1.70. The fraction of sp³-hybridized carbons (Fsp3) is 0.545. The Hall–Kier alpha value is -1.49. The van der Waals surface area contributed by atoms with E-state index >= 15 is 0 Å². The van der Waals surface area contributed by atoms with Crippen LogP contribution in [0.2, 0.25) is 0 Å². The summed E-state index contributed by atoms with van der Waals surface area (Å²) in [6.07, 6.45) is 2.27. The van der Waals surface area contributed by atoms with E-state index in [0.717, 1.165) is 18.5 Å². The molecule has 1 fully saturated rings. The number of hydrogen-bond acceptors (Lipinski definition) is 5. The summed E-state index contributed by atoms with van der Waals surface area (Å²) in [4.78, 5) is 0. The lowest BCUT2D eigenvalue weighted by molar-refractivity contribution is 0.200. The van der Waals surface area contributed by atoms with Crippen molar-refractivity contribution in [3.05, 3.63) is 17.5 Å². The van der Waals surface area contributed by atoms with Gasteiger partial charge in [0.15, 0.2) is 11.9 Å². The van der Waals surface area contributed by atoms with Gasteiger partial charge in [-0.25, -0.2) is 0 Å². The minimum absolute atomic E-state index is 0.0362. The Kier molecular flexibility index (Phi) is 2.87. The van der Waals surface area contributed by atoms with Crippen LogP contribution in [-0.4, -0.2) is 21.7 Å². The molecule has 1 aliphatic carbocycles. The van der Waals surface area contributed by atoms with Gasteiger partial charge in [-0.3, -0.25) is 0 Å². The van der Waals surface area contributed by atoms with Gasteiger partial charge in [-0.2, -0.15) is 0 Å². The SMILES string of the molecule is CC(=N)C(=N)C(O)c1cc(C2CCC2)no1. The predicted molar refractivity (Wildman–Crippen MR) is 59.2 cm³/mol. The quantitative estimate of drug-likeness (QED) is 0.679. The third-order valence-electron chi connectivity index (χ3n) is 3.02. The fourth-order valence-electron chi connectivity index (χ4n) is 1.68. The van der Waals surface area contributed by atoms with Crippen molar-refractivity contribution in [1.29, 1.82) is 10.8 Å². The van der Waals surface area contributed by atoms with Gasteiger partial charge in [-0.05, 0) is 19.8 Å². The topological polar surface area (TPSA) is 94.0 Å². The zero-order valence-corrected chi connectivity index (χ0v) is 9.16. The lowest BCUT2D eigenvalue weighted by atomic mass is 9.83. The maximum absolute atomic E-state index is 9.75. The van der Waals surface area contributed by atoms with Crippen LogP contribution < -0.4 is 0 Å². The van der Waals surface area contributed by atoms with Crippen molar-refractivity contribution in [3.63, 3.8) is 0 Å². The van der Waals surface area contributed by atoms with Crippen molar-refractivity contribution >= 4 is 11.4 Å². The number of aliphatic hydroxyl groups is 1. The molecule has 5 nitrogen and oxygen atoms in total. The Balaban J connectivity index is 2.11. The van der Waals surface area contributed by atoms with Crippen LogP contribution >= 0.6 is 0 Å². The number of nitrogens with one attached hydrogen (secondary N) is 2. The van der Waals surface area contributed by atoms with Gasteiger partial charge in [0.05, 0.1) is 17.1 Å². The summed E-state index contributed by atoms with van der Waals surface area (Å²) < 4.78 is 5.02. The standard InChI is InChI=1S/C11H15N3O2/c1-6(12)10(13)11(15)9-5-8(14-16-9)7-3-2-4-7/h5,7,11-13,15H,2-4H2,1H3. The van der Waals surface area contributed by atoms with E-state index in [1.54, 1.807) is 6.07 Å². The molecular formula is C11H15N3O2. The average molecular weight is 221 g/mol. The van der Waals surface area contributed by atoms with Crippen LogP contribution in [0.25, 0.3) is 0 Å². The summed E-state index contributed by atoms with van der Waals surface area (Å²) in [5, 5.41) is 28.4. The molecule has 0 bridgehead atoms. The Morgan fingerprint density at radius 3 is 2.75 bits per heavy atom. The number of aliphatic hydroxyl groups excluding tert-OH is 1. The molecule has 1 aromatic heterocycles. The molecular weight excluding hydrogens is 206 g/mol. The van der Waals surface area contributed by atoms with Gasteiger partial charge in [0.2, 0.25) is 0 Å². The Bertz CT molecular complexity index is 421. The lowest BCUT2D eigenvalue weighted by Crippen LogP contribution is -2.17. The molecule has 1 atom stereocenters. The highest BCUT2D eigenvalue weighted by atomic mass is 16.5. The molecule has 86 valence electrons. The number of rotatable bonds is 4. The Morgan fingerprint density at radius 1 is 1.56 bits per heavy atom. The first-order valence-corrected chi connectivity index (χ1v) is 5.38. The second-order valence-corrected chi connectivity index (χ2v) is 4.22. The van der Waals surface area contributed by atoms with E-state index in [0.29, 0.717) is 5.92 Å². The van der Waals surface area contributed by atoms with Crippen molar-refractivity contribution in [2.45, 2.75) is 38.2 Å². The zero-order chi connectivity index (χ0) is 11.7. The first-order valence-electron chi connectivity index (χ1n) is 5.38. The summed E-state index contributed by atoms with van der Waals surface area (Å²) in [6.45, 7) is 1.47. The normalized spacial score (nSPS) is 17.9. The zero-order valence-electron chi connectivity index (χ0n) is 9.16. The first kappa shape index (κ1) is 11.0. The largest absolute Gasteiger partial charge is 0.379 e. The van der Waals surface area contributed by atoms with Crippen molar-refractivity contribution in [2.24, 2.45) is 0 Å². The Labute approximate surface area is 93.5 Å². The van der Waals surface area contributed by atoms with E-state index in [4.69, 9.17) is 15.3 Å². The monoisotopic (exact) mass is 221 g/mol. The molecule has 5 heteroatoms. The van der Waals surface area contributed by atoms with Crippen molar-refractivity contribution < 1.29 is 9.63 Å². The number of aromatic nitrogens is 1. The predicted octanol–water partition coefficient (Wildman–Crippen LogP) is 2.03. The summed E-state index contributed by atoms with van der Waals surface area (Å²) in [5.74, 6) is 0.707. The van der Waals surface area contributed by atoms with E-state index in [1.807, 2.05) is 0 Å². The van der Waals surface area contributed by atoms with Gasteiger partial charge in [0, 0.05) is 12.0 Å². The average Bonchev–Trinajstić information content (AvgIpc) is 2.61. The molecule has 0 spiro atoms. The van der Waals surface area contributed by atoms with Crippen LogP contribution in [0.5, 0.6) is 0 Å². The second-order valence-electron chi connectivity index (χ2n) is 4.22. The van der Waals surface area contributed by atoms with Crippen molar-refractivity contribution in [1.82, 2.24) is 5.16 Å². The second kappa shape index (κ2) is 4.17. The van der Waals surface area contributed by atoms with Gasteiger partial charge >= 0.3 is 0 Å². The highest BCUT2D eigenvalue weighted by Crippen LogP contribution is 2.36. The minimum Gasteiger partial charge on any atom is -0.379 e. The maximum atomic E-state index is 9.75. The first-order chi connectivity index (χ1) is 7.59.